The molecule has 0 aliphatic heterocycles. The zero-order valence-electron chi connectivity index (χ0n) is 13.1. The summed E-state index contributed by atoms with van der Waals surface area (Å²) in [6.07, 6.45) is 7.83. The van der Waals surface area contributed by atoms with Crippen LogP contribution in [-0.4, -0.2) is 41.6 Å². The number of aromatic nitrogens is 2. The van der Waals surface area contributed by atoms with Crippen LogP contribution in [0.15, 0.2) is 17.3 Å². The minimum absolute atomic E-state index is 0.234. The largest absolute Gasteiger partial charge is 0.329 e. The average molecular weight is 314 g/mol. The Morgan fingerprint density at radius 3 is 2.52 bits per heavy atom. The Bertz CT molecular complexity index is 574. The van der Waals surface area contributed by atoms with E-state index < -0.39 is 15.6 Å². The van der Waals surface area contributed by atoms with E-state index >= 15 is 0 Å². The summed E-state index contributed by atoms with van der Waals surface area (Å²) in [6, 6.07) is 0. The van der Waals surface area contributed by atoms with E-state index in [9.17, 15) is 8.42 Å². The predicted molar refractivity (Wildman–Crippen MR) is 82.2 cm³/mol. The molecule has 0 amide bonds. The first-order chi connectivity index (χ1) is 9.85. The molecule has 1 fully saturated rings. The van der Waals surface area contributed by atoms with Crippen LogP contribution in [0, 0.1) is 5.92 Å². The molecule has 0 atom stereocenters. The van der Waals surface area contributed by atoms with Crippen molar-refractivity contribution in [3.8, 4) is 0 Å². The molecule has 1 aromatic heterocycles. The minimum Gasteiger partial charge on any atom is -0.329 e. The van der Waals surface area contributed by atoms with Gasteiger partial charge < -0.3 is 5.73 Å². The molecule has 120 valence electrons. The van der Waals surface area contributed by atoms with Crippen molar-refractivity contribution in [1.29, 1.82) is 0 Å². The molecular weight excluding hydrogens is 288 g/mol. The maximum Gasteiger partial charge on any atom is 0.246 e. The number of aryl methyl sites for hydroxylation is 1. The lowest BCUT2D eigenvalue weighted by Gasteiger charge is -2.44. The summed E-state index contributed by atoms with van der Waals surface area (Å²) in [5.74, 6) is 0.694. The Morgan fingerprint density at radius 2 is 2.10 bits per heavy atom. The van der Waals surface area contributed by atoms with Gasteiger partial charge in [0, 0.05) is 32.4 Å². The molecule has 0 saturated heterocycles. The monoisotopic (exact) mass is 314 g/mol. The zero-order chi connectivity index (χ0) is 15.7. The summed E-state index contributed by atoms with van der Waals surface area (Å²) < 4.78 is 28.5. The quantitative estimate of drug-likeness (QED) is 0.889. The summed E-state index contributed by atoms with van der Waals surface area (Å²) in [4.78, 5) is 0.234. The highest BCUT2D eigenvalue weighted by Gasteiger charge is 2.43. The first kappa shape index (κ1) is 16.5. The van der Waals surface area contributed by atoms with Crippen molar-refractivity contribution in [3.63, 3.8) is 0 Å². The third-order valence-electron chi connectivity index (χ3n) is 5.00. The smallest absolute Gasteiger partial charge is 0.246 e. The van der Waals surface area contributed by atoms with Crippen molar-refractivity contribution < 1.29 is 8.42 Å². The van der Waals surface area contributed by atoms with Crippen LogP contribution in [-0.2, 0) is 17.1 Å². The molecule has 0 bridgehead atoms. The van der Waals surface area contributed by atoms with Gasteiger partial charge in [-0.05, 0) is 31.6 Å². The molecule has 0 radical (unpaired) electrons. The second-order valence-corrected chi connectivity index (χ2v) is 8.07. The molecule has 21 heavy (non-hydrogen) atoms. The highest BCUT2D eigenvalue weighted by molar-refractivity contribution is 7.89. The Morgan fingerprint density at radius 1 is 1.48 bits per heavy atom. The normalized spacial score (nSPS) is 27.2. The van der Waals surface area contributed by atoms with E-state index in [-0.39, 0.29) is 4.90 Å². The second kappa shape index (κ2) is 6.06. The van der Waals surface area contributed by atoms with E-state index in [4.69, 9.17) is 5.73 Å². The van der Waals surface area contributed by atoms with E-state index in [1.165, 1.54) is 21.4 Å². The van der Waals surface area contributed by atoms with Gasteiger partial charge in [0.1, 0.15) is 4.90 Å². The molecule has 1 heterocycles. The minimum atomic E-state index is -3.54. The lowest BCUT2D eigenvalue weighted by atomic mass is 9.75. The Balaban J connectivity index is 2.26. The maximum atomic E-state index is 12.8. The number of hydrogen-bond acceptors (Lipinski definition) is 4. The molecule has 1 saturated carbocycles. The van der Waals surface area contributed by atoms with Crippen molar-refractivity contribution in [2.24, 2.45) is 18.7 Å². The standard InChI is InChI=1S/C14H26N4O2S/c1-4-12-5-7-14(11-15,8-6-12)18(3)21(19,20)13-9-16-17(2)10-13/h9-10,12H,4-8,11,15H2,1-3H3. The molecule has 0 aromatic carbocycles. The molecule has 0 unspecified atom stereocenters. The summed E-state index contributed by atoms with van der Waals surface area (Å²) >= 11 is 0. The van der Waals surface area contributed by atoms with Gasteiger partial charge in [0.2, 0.25) is 10.0 Å². The van der Waals surface area contributed by atoms with E-state index in [0.717, 1.165) is 32.1 Å². The predicted octanol–water partition coefficient (Wildman–Crippen LogP) is 1.34. The first-order valence-electron chi connectivity index (χ1n) is 7.53. The van der Waals surface area contributed by atoms with E-state index in [1.54, 1.807) is 14.1 Å². The molecule has 1 aromatic rings. The topological polar surface area (TPSA) is 81.2 Å². The van der Waals surface area contributed by atoms with Crippen molar-refractivity contribution in [2.45, 2.75) is 49.5 Å². The zero-order valence-corrected chi connectivity index (χ0v) is 13.9. The summed E-state index contributed by atoms with van der Waals surface area (Å²) in [7, 11) is -0.176. The molecule has 1 aliphatic carbocycles. The summed E-state index contributed by atoms with van der Waals surface area (Å²) in [5, 5.41) is 3.96. The van der Waals surface area contributed by atoms with Gasteiger partial charge >= 0.3 is 0 Å². The lowest BCUT2D eigenvalue weighted by Crippen LogP contribution is -2.56. The molecule has 1 aliphatic rings. The fourth-order valence-electron chi connectivity index (χ4n) is 3.22. The average Bonchev–Trinajstić information content (AvgIpc) is 2.94. The molecule has 0 spiro atoms. The third-order valence-corrected chi connectivity index (χ3v) is 6.92. The number of hydrogen-bond donors (Lipinski definition) is 1. The van der Waals surface area contributed by atoms with Crippen LogP contribution in [0.3, 0.4) is 0 Å². The van der Waals surface area contributed by atoms with E-state index in [1.807, 2.05) is 0 Å². The Kier molecular flexibility index (Phi) is 4.75. The van der Waals surface area contributed by atoms with E-state index in [2.05, 4.69) is 12.0 Å². The third kappa shape index (κ3) is 3.00. The SMILES string of the molecule is CCC1CCC(CN)(N(C)S(=O)(=O)c2cnn(C)c2)CC1. The molecule has 2 N–H and O–H groups in total. The molecule has 2 rings (SSSR count). The maximum absolute atomic E-state index is 12.8. The molecular formula is C14H26N4O2S. The van der Waals surface area contributed by atoms with Crippen molar-refractivity contribution in [1.82, 2.24) is 14.1 Å². The highest BCUT2D eigenvalue weighted by Crippen LogP contribution is 2.38. The van der Waals surface area contributed by atoms with Crippen LogP contribution in [0.1, 0.15) is 39.0 Å². The van der Waals surface area contributed by atoms with Crippen LogP contribution in [0.25, 0.3) is 0 Å². The number of sulfonamides is 1. The van der Waals surface area contributed by atoms with Crippen molar-refractivity contribution in [2.75, 3.05) is 13.6 Å². The van der Waals surface area contributed by atoms with E-state index in [0.29, 0.717) is 12.5 Å². The van der Waals surface area contributed by atoms with Crippen molar-refractivity contribution >= 4 is 10.0 Å². The number of rotatable bonds is 5. The van der Waals surface area contributed by atoms with Crippen LogP contribution >= 0.6 is 0 Å². The lowest BCUT2D eigenvalue weighted by molar-refractivity contribution is 0.128. The Labute approximate surface area is 127 Å². The van der Waals surface area contributed by atoms with Crippen molar-refractivity contribution in [3.05, 3.63) is 12.4 Å². The number of likely N-dealkylation sites (N-methyl/N-ethyl adjacent to an activating group) is 1. The van der Waals surface area contributed by atoms with Crippen LogP contribution in [0.4, 0.5) is 0 Å². The molecule has 7 heteroatoms. The first-order valence-corrected chi connectivity index (χ1v) is 8.97. The fraction of sp³-hybridized carbons (Fsp3) is 0.786. The second-order valence-electron chi connectivity index (χ2n) is 6.10. The summed E-state index contributed by atoms with van der Waals surface area (Å²) in [6.45, 7) is 2.55. The van der Waals surface area contributed by atoms with Crippen LogP contribution in [0.2, 0.25) is 0 Å². The molecule has 6 nitrogen and oxygen atoms in total. The highest BCUT2D eigenvalue weighted by atomic mass is 32.2. The van der Waals surface area contributed by atoms with Gasteiger partial charge in [0.25, 0.3) is 0 Å². The summed E-state index contributed by atoms with van der Waals surface area (Å²) in [5.41, 5.74) is 5.52. The van der Waals surface area contributed by atoms with Gasteiger partial charge in [0.05, 0.1) is 6.20 Å². The van der Waals surface area contributed by atoms with Gasteiger partial charge in [-0.25, -0.2) is 8.42 Å². The number of nitrogens with zero attached hydrogens (tertiary/aromatic N) is 3. The number of nitrogens with two attached hydrogens (primary N) is 1. The van der Waals surface area contributed by atoms with Gasteiger partial charge in [-0.15, -0.1) is 0 Å². The van der Waals surface area contributed by atoms with Gasteiger partial charge in [-0.2, -0.15) is 9.40 Å². The van der Waals surface area contributed by atoms with Gasteiger partial charge in [0.15, 0.2) is 0 Å². The van der Waals surface area contributed by atoms with Gasteiger partial charge in [-0.3, -0.25) is 4.68 Å². The van der Waals surface area contributed by atoms with Crippen LogP contribution < -0.4 is 5.73 Å². The van der Waals surface area contributed by atoms with Crippen LogP contribution in [0.5, 0.6) is 0 Å². The van der Waals surface area contributed by atoms with Gasteiger partial charge in [-0.1, -0.05) is 13.3 Å². The fourth-order valence-corrected chi connectivity index (χ4v) is 4.77. The Hall–Kier alpha value is -0.920.